The van der Waals surface area contributed by atoms with E-state index >= 15 is 0 Å². The molecule has 6 nitrogen and oxygen atoms in total. The zero-order valence-corrected chi connectivity index (χ0v) is 16.2. The topological polar surface area (TPSA) is 98.5 Å². The average molecular weight is 391 g/mol. The van der Waals surface area contributed by atoms with Crippen molar-refractivity contribution in [2.24, 2.45) is 11.7 Å². The second-order valence-electron chi connectivity index (χ2n) is 6.35. The van der Waals surface area contributed by atoms with Gasteiger partial charge in [0.25, 0.3) is 0 Å². The molecule has 1 aliphatic carbocycles. The molecule has 3 N–H and O–H groups in total. The van der Waals surface area contributed by atoms with Crippen LogP contribution < -0.4 is 10.5 Å². The number of sulfonamides is 1. The highest BCUT2D eigenvalue weighted by Gasteiger charge is 2.40. The Bertz CT molecular complexity index is 662. The normalized spacial score (nSPS) is 21.9. The lowest BCUT2D eigenvalue weighted by Gasteiger charge is -2.29. The van der Waals surface area contributed by atoms with Crippen molar-refractivity contribution in [2.45, 2.75) is 50.4 Å². The number of benzene rings is 1. The average Bonchev–Trinajstić information content (AvgIpc) is 2.59. The minimum Gasteiger partial charge on any atom is -0.469 e. The van der Waals surface area contributed by atoms with Gasteiger partial charge >= 0.3 is 5.97 Å². The van der Waals surface area contributed by atoms with Gasteiger partial charge in [0.1, 0.15) is 0 Å². The van der Waals surface area contributed by atoms with Gasteiger partial charge in [0.15, 0.2) is 0 Å². The number of halogens is 1. The number of hydrogen-bond acceptors (Lipinski definition) is 5. The molecule has 1 aromatic carbocycles. The Morgan fingerprint density at radius 1 is 1.28 bits per heavy atom. The Morgan fingerprint density at radius 3 is 2.44 bits per heavy atom. The summed E-state index contributed by atoms with van der Waals surface area (Å²) in [5, 5.41) is -0.720. The van der Waals surface area contributed by atoms with Crippen molar-refractivity contribution in [1.29, 1.82) is 0 Å². The van der Waals surface area contributed by atoms with Crippen LogP contribution in [-0.4, -0.2) is 26.7 Å². The molecule has 3 atom stereocenters. The van der Waals surface area contributed by atoms with E-state index < -0.39 is 27.2 Å². The first-order valence-corrected chi connectivity index (χ1v) is 9.80. The second kappa shape index (κ2) is 9.52. The summed E-state index contributed by atoms with van der Waals surface area (Å²) in [4.78, 5) is 11.9. The van der Waals surface area contributed by atoms with Crippen molar-refractivity contribution in [3.05, 3.63) is 35.4 Å². The molecule has 1 aromatic rings. The number of nitrogens with one attached hydrogen (secondary N) is 1. The van der Waals surface area contributed by atoms with Crippen molar-refractivity contribution in [3.63, 3.8) is 0 Å². The van der Waals surface area contributed by atoms with Crippen LogP contribution in [0.15, 0.2) is 24.3 Å². The Balaban J connectivity index is 0.00000312. The van der Waals surface area contributed by atoms with Gasteiger partial charge < -0.3 is 10.5 Å². The maximum atomic E-state index is 12.6. The zero-order valence-electron chi connectivity index (χ0n) is 14.6. The number of esters is 1. The molecule has 0 saturated heterocycles. The van der Waals surface area contributed by atoms with Crippen LogP contribution >= 0.6 is 12.4 Å². The first kappa shape index (κ1) is 21.9. The van der Waals surface area contributed by atoms with Crippen LogP contribution in [0.25, 0.3) is 0 Å². The van der Waals surface area contributed by atoms with Crippen molar-refractivity contribution in [3.8, 4) is 0 Å². The second-order valence-corrected chi connectivity index (χ2v) is 8.33. The van der Waals surface area contributed by atoms with E-state index in [-0.39, 0.29) is 25.0 Å². The minimum atomic E-state index is -3.59. The van der Waals surface area contributed by atoms with Crippen LogP contribution in [0.2, 0.25) is 0 Å². The molecule has 0 bridgehead atoms. The summed E-state index contributed by atoms with van der Waals surface area (Å²) in [6.45, 7) is 2.10. The van der Waals surface area contributed by atoms with E-state index in [9.17, 15) is 13.2 Å². The molecule has 1 saturated carbocycles. The molecule has 1 aliphatic rings. The van der Waals surface area contributed by atoms with E-state index in [1.54, 1.807) is 0 Å². The molecule has 0 amide bonds. The predicted octanol–water partition coefficient (Wildman–Crippen LogP) is 2.28. The van der Waals surface area contributed by atoms with Crippen LogP contribution in [0, 0.1) is 5.92 Å². The van der Waals surface area contributed by atoms with E-state index in [1.807, 2.05) is 31.2 Å². The van der Waals surface area contributed by atoms with Gasteiger partial charge in [-0.25, -0.2) is 13.1 Å². The number of ether oxygens (including phenoxy) is 1. The van der Waals surface area contributed by atoms with E-state index in [4.69, 9.17) is 10.5 Å². The number of carbonyl (C=O) groups is 1. The summed E-state index contributed by atoms with van der Waals surface area (Å²) in [7, 11) is -2.29. The van der Waals surface area contributed by atoms with Gasteiger partial charge in [-0.2, -0.15) is 0 Å². The lowest BCUT2D eigenvalue weighted by atomic mass is 9.89. The predicted molar refractivity (Wildman–Crippen MR) is 99.8 cm³/mol. The molecule has 1 fully saturated rings. The Hall–Kier alpha value is -1.15. The highest BCUT2D eigenvalue weighted by atomic mass is 35.5. The molecule has 0 aromatic heterocycles. The number of nitrogens with two attached hydrogens (primary N) is 1. The van der Waals surface area contributed by atoms with Crippen LogP contribution in [0.4, 0.5) is 0 Å². The largest absolute Gasteiger partial charge is 0.469 e. The Labute approximate surface area is 156 Å². The summed E-state index contributed by atoms with van der Waals surface area (Å²) in [5.41, 5.74) is 7.66. The third-order valence-corrected chi connectivity index (χ3v) is 6.50. The molecule has 142 valence electrons. The Kier molecular flexibility index (Phi) is 8.34. The third-order valence-electron chi connectivity index (χ3n) is 4.59. The van der Waals surface area contributed by atoms with Gasteiger partial charge in [0, 0.05) is 12.6 Å². The fourth-order valence-corrected chi connectivity index (χ4v) is 4.86. The monoisotopic (exact) mass is 390 g/mol. The van der Waals surface area contributed by atoms with Crippen molar-refractivity contribution >= 4 is 28.4 Å². The number of carbonyl (C=O) groups excluding carboxylic acids is 1. The number of rotatable bonds is 6. The zero-order chi connectivity index (χ0) is 17.7. The molecule has 0 aliphatic heterocycles. The van der Waals surface area contributed by atoms with E-state index in [0.717, 1.165) is 24.0 Å². The van der Waals surface area contributed by atoms with Crippen LogP contribution in [0.3, 0.4) is 0 Å². The quantitative estimate of drug-likeness (QED) is 0.726. The van der Waals surface area contributed by atoms with E-state index in [0.29, 0.717) is 12.8 Å². The van der Waals surface area contributed by atoms with E-state index in [1.165, 1.54) is 7.11 Å². The molecular weight excluding hydrogens is 364 g/mol. The molecule has 25 heavy (non-hydrogen) atoms. The third kappa shape index (κ3) is 5.67. The summed E-state index contributed by atoms with van der Waals surface area (Å²) < 4.78 is 32.7. The molecule has 8 heteroatoms. The maximum absolute atomic E-state index is 12.6. The number of methoxy groups -OCH3 is 1. The molecular formula is C17H27ClN2O4S. The smallest absolute Gasteiger partial charge is 0.310 e. The molecule has 0 spiro atoms. The SMILES string of the molecule is COC(=O)C1CCCCC1S(=O)(=O)NCc1ccc(C(C)N)cc1.Cl. The summed E-state index contributed by atoms with van der Waals surface area (Å²) in [6.07, 6.45) is 2.70. The van der Waals surface area contributed by atoms with E-state index in [2.05, 4.69) is 4.72 Å². The molecule has 0 radical (unpaired) electrons. The lowest BCUT2D eigenvalue weighted by molar-refractivity contribution is -0.146. The van der Waals surface area contributed by atoms with Crippen LogP contribution in [0.5, 0.6) is 0 Å². The van der Waals surface area contributed by atoms with Gasteiger partial charge in [-0.1, -0.05) is 37.1 Å². The van der Waals surface area contributed by atoms with Crippen LogP contribution in [0.1, 0.15) is 49.8 Å². The van der Waals surface area contributed by atoms with Gasteiger partial charge in [-0.05, 0) is 30.9 Å². The fraction of sp³-hybridized carbons (Fsp3) is 0.588. The standard InChI is InChI=1S/C17H26N2O4S.ClH/c1-12(18)14-9-7-13(8-10-14)11-19-24(21,22)16-6-4-3-5-15(16)17(20)23-2;/h7-10,12,15-16,19H,3-6,11,18H2,1-2H3;1H. The van der Waals surface area contributed by atoms with Crippen LogP contribution in [-0.2, 0) is 26.1 Å². The summed E-state index contributed by atoms with van der Waals surface area (Å²) in [5.74, 6) is -1.02. The van der Waals surface area contributed by atoms with Crippen molar-refractivity contribution < 1.29 is 17.9 Å². The molecule has 2 rings (SSSR count). The van der Waals surface area contributed by atoms with Crippen molar-refractivity contribution in [1.82, 2.24) is 4.72 Å². The van der Waals surface area contributed by atoms with Gasteiger partial charge in [0.05, 0.1) is 18.3 Å². The molecule has 3 unspecified atom stereocenters. The highest BCUT2D eigenvalue weighted by Crippen LogP contribution is 2.30. The lowest BCUT2D eigenvalue weighted by Crippen LogP contribution is -2.43. The van der Waals surface area contributed by atoms with Gasteiger partial charge in [-0.3, -0.25) is 4.79 Å². The summed E-state index contributed by atoms with van der Waals surface area (Å²) in [6, 6.07) is 7.46. The highest BCUT2D eigenvalue weighted by molar-refractivity contribution is 7.90. The number of hydrogen-bond donors (Lipinski definition) is 2. The minimum absolute atomic E-state index is 0. The summed E-state index contributed by atoms with van der Waals surface area (Å²) >= 11 is 0. The van der Waals surface area contributed by atoms with Crippen molar-refractivity contribution in [2.75, 3.05) is 7.11 Å². The first-order valence-electron chi connectivity index (χ1n) is 8.26. The fourth-order valence-electron chi connectivity index (χ4n) is 3.12. The maximum Gasteiger partial charge on any atom is 0.310 e. The molecule has 0 heterocycles. The Morgan fingerprint density at radius 2 is 1.88 bits per heavy atom. The van der Waals surface area contributed by atoms with Gasteiger partial charge in [0.2, 0.25) is 10.0 Å². The first-order chi connectivity index (χ1) is 11.3. The van der Waals surface area contributed by atoms with Gasteiger partial charge in [-0.15, -0.1) is 12.4 Å².